The number of hydrogen-bond donors (Lipinski definition) is 0. The van der Waals surface area contributed by atoms with Gasteiger partial charge in [0.2, 0.25) is 0 Å². The van der Waals surface area contributed by atoms with Gasteiger partial charge in [-0.1, -0.05) is 53.5 Å². The molecule has 2 amide bonds. The van der Waals surface area contributed by atoms with Crippen LogP contribution in [-0.4, -0.2) is 34.6 Å². The minimum absolute atomic E-state index is 0.0657. The Kier molecular flexibility index (Phi) is 5.60. The van der Waals surface area contributed by atoms with E-state index in [0.29, 0.717) is 10.0 Å². The third-order valence-electron chi connectivity index (χ3n) is 6.17. The normalized spacial score (nSPS) is 16.6. The molecule has 0 spiro atoms. The fourth-order valence-corrected chi connectivity index (χ4v) is 4.93. The highest BCUT2D eigenvalue weighted by molar-refractivity contribution is 6.30. The van der Waals surface area contributed by atoms with E-state index in [1.54, 1.807) is 23.0 Å². The Balaban J connectivity index is 1.69. The van der Waals surface area contributed by atoms with Gasteiger partial charge >= 0.3 is 6.03 Å². The molecule has 3 aromatic carbocycles. The van der Waals surface area contributed by atoms with Crippen molar-refractivity contribution in [2.24, 2.45) is 0 Å². The monoisotopic (exact) mass is 476 g/mol. The van der Waals surface area contributed by atoms with Crippen LogP contribution >= 0.6 is 23.2 Å². The minimum Gasteiger partial charge on any atom is -0.326 e. The lowest BCUT2D eigenvalue weighted by Crippen LogP contribution is -2.46. The van der Waals surface area contributed by atoms with Crippen LogP contribution in [0.2, 0.25) is 10.0 Å². The molecule has 0 saturated heterocycles. The second-order valence-corrected chi connectivity index (χ2v) is 9.07. The lowest BCUT2D eigenvalue weighted by atomic mass is 9.89. The van der Waals surface area contributed by atoms with E-state index < -0.39 is 0 Å². The summed E-state index contributed by atoms with van der Waals surface area (Å²) in [5.41, 5.74) is 5.06. The molecule has 33 heavy (non-hydrogen) atoms. The Labute approximate surface area is 202 Å². The van der Waals surface area contributed by atoms with Crippen molar-refractivity contribution in [3.63, 3.8) is 0 Å². The van der Waals surface area contributed by atoms with Crippen LogP contribution in [-0.2, 0) is 0 Å². The number of benzene rings is 3. The maximum Gasteiger partial charge on any atom is 0.324 e. The van der Waals surface area contributed by atoms with Crippen molar-refractivity contribution >= 4 is 34.9 Å². The number of nitrogens with zero attached hydrogens (tertiary/aromatic N) is 4. The highest BCUT2D eigenvalue weighted by Crippen LogP contribution is 2.42. The Morgan fingerprint density at radius 1 is 0.909 bits per heavy atom. The zero-order chi connectivity index (χ0) is 23.1. The molecule has 166 valence electrons. The van der Waals surface area contributed by atoms with Gasteiger partial charge in [0, 0.05) is 42.1 Å². The quantitative estimate of drug-likeness (QED) is 0.341. The average molecular weight is 477 g/mol. The number of amides is 2. The molecule has 5 nitrogen and oxygen atoms in total. The van der Waals surface area contributed by atoms with Crippen LogP contribution in [0.15, 0.2) is 85.5 Å². The Morgan fingerprint density at radius 2 is 1.67 bits per heavy atom. The number of carbonyl (C=O) groups excluding carboxylic acids is 1. The van der Waals surface area contributed by atoms with Gasteiger partial charge in [0.25, 0.3) is 0 Å². The molecule has 0 radical (unpaired) electrons. The van der Waals surface area contributed by atoms with Crippen LogP contribution in [0.3, 0.4) is 0 Å². The number of fused-ring (bicyclic) bond motifs is 1. The van der Waals surface area contributed by atoms with E-state index in [1.807, 2.05) is 74.2 Å². The molecule has 2 heterocycles. The molecule has 0 aliphatic carbocycles. The summed E-state index contributed by atoms with van der Waals surface area (Å²) in [7, 11) is 3.63. The first-order valence-corrected chi connectivity index (χ1v) is 11.3. The summed E-state index contributed by atoms with van der Waals surface area (Å²) in [4.78, 5) is 20.7. The van der Waals surface area contributed by atoms with Gasteiger partial charge in [-0.2, -0.15) is 0 Å². The number of imidazole rings is 1. The van der Waals surface area contributed by atoms with E-state index in [4.69, 9.17) is 23.2 Å². The van der Waals surface area contributed by atoms with Crippen molar-refractivity contribution in [3.8, 4) is 0 Å². The largest absolute Gasteiger partial charge is 0.326 e. The molecule has 1 aliphatic rings. The molecule has 0 N–H and O–H groups in total. The molecule has 0 saturated carbocycles. The highest BCUT2D eigenvalue weighted by Gasteiger charge is 2.35. The van der Waals surface area contributed by atoms with Gasteiger partial charge in [0.05, 0.1) is 24.1 Å². The topological polar surface area (TPSA) is 41.4 Å². The Morgan fingerprint density at radius 3 is 2.36 bits per heavy atom. The first kappa shape index (κ1) is 21.6. The van der Waals surface area contributed by atoms with Gasteiger partial charge in [0.15, 0.2) is 0 Å². The molecule has 2 atom stereocenters. The zero-order valence-corrected chi connectivity index (χ0v) is 19.7. The van der Waals surface area contributed by atoms with Crippen molar-refractivity contribution in [2.75, 3.05) is 19.0 Å². The molecule has 1 aromatic heterocycles. The average Bonchev–Trinajstić information content (AvgIpc) is 3.34. The van der Waals surface area contributed by atoms with Crippen LogP contribution in [0, 0.1) is 0 Å². The Hall–Kier alpha value is -3.28. The van der Waals surface area contributed by atoms with E-state index in [-0.39, 0.29) is 18.1 Å². The summed E-state index contributed by atoms with van der Waals surface area (Å²) in [5.74, 6) is 0. The first-order valence-electron chi connectivity index (χ1n) is 10.6. The minimum atomic E-state index is -0.254. The number of urea groups is 1. The van der Waals surface area contributed by atoms with Gasteiger partial charge in [-0.25, -0.2) is 9.78 Å². The first-order chi connectivity index (χ1) is 15.9. The smallest absolute Gasteiger partial charge is 0.324 e. The zero-order valence-electron chi connectivity index (χ0n) is 18.2. The molecule has 0 bridgehead atoms. The standard InChI is InChI=1S/C26H22Cl2N4O/c1-30-23-11-8-19(24(32-13-12-29-16-32)17-6-9-20(27)10-7-17)15-22(23)25(31(2)26(30)33)18-4-3-5-21(28)14-18/h3-16,24-25H,1-2H3. The predicted octanol–water partition coefficient (Wildman–Crippen LogP) is 6.42. The van der Waals surface area contributed by atoms with Crippen LogP contribution in [0.5, 0.6) is 0 Å². The number of rotatable bonds is 4. The predicted molar refractivity (Wildman–Crippen MR) is 132 cm³/mol. The molecule has 1 aliphatic heterocycles. The summed E-state index contributed by atoms with van der Waals surface area (Å²) >= 11 is 12.5. The lowest BCUT2D eigenvalue weighted by molar-refractivity contribution is 0.202. The molecule has 2 unspecified atom stereocenters. The van der Waals surface area contributed by atoms with E-state index >= 15 is 0 Å². The van der Waals surface area contributed by atoms with Crippen LogP contribution in [0.1, 0.15) is 34.3 Å². The van der Waals surface area contributed by atoms with Gasteiger partial charge in [-0.05, 0) is 53.1 Å². The van der Waals surface area contributed by atoms with Gasteiger partial charge < -0.3 is 9.47 Å². The van der Waals surface area contributed by atoms with Crippen LogP contribution < -0.4 is 4.90 Å². The fourth-order valence-electron chi connectivity index (χ4n) is 4.61. The summed E-state index contributed by atoms with van der Waals surface area (Å²) in [6.07, 6.45) is 5.54. The van der Waals surface area contributed by atoms with Crippen molar-refractivity contribution in [2.45, 2.75) is 12.1 Å². The van der Waals surface area contributed by atoms with Gasteiger partial charge in [-0.3, -0.25) is 4.90 Å². The van der Waals surface area contributed by atoms with Crippen molar-refractivity contribution < 1.29 is 4.79 Å². The molecule has 4 aromatic rings. The number of carbonyl (C=O) groups is 1. The molecule has 0 fully saturated rings. The summed E-state index contributed by atoms with van der Waals surface area (Å²) < 4.78 is 2.07. The number of hydrogen-bond acceptors (Lipinski definition) is 2. The lowest BCUT2D eigenvalue weighted by Gasteiger charge is -2.40. The maximum absolute atomic E-state index is 13.0. The summed E-state index contributed by atoms with van der Waals surface area (Å²) in [5, 5.41) is 1.33. The summed E-state index contributed by atoms with van der Waals surface area (Å²) in [6.45, 7) is 0. The molecule has 5 rings (SSSR count). The maximum atomic E-state index is 13.0. The van der Waals surface area contributed by atoms with Crippen LogP contribution in [0.25, 0.3) is 0 Å². The second kappa shape index (κ2) is 8.58. The van der Waals surface area contributed by atoms with Gasteiger partial charge in [0.1, 0.15) is 0 Å². The van der Waals surface area contributed by atoms with Crippen molar-refractivity contribution in [1.29, 1.82) is 0 Å². The van der Waals surface area contributed by atoms with E-state index in [9.17, 15) is 4.79 Å². The van der Waals surface area contributed by atoms with Crippen molar-refractivity contribution in [1.82, 2.24) is 14.5 Å². The number of halogens is 2. The second-order valence-electron chi connectivity index (χ2n) is 8.19. The molecular weight excluding hydrogens is 455 g/mol. The number of aromatic nitrogens is 2. The van der Waals surface area contributed by atoms with Gasteiger partial charge in [-0.15, -0.1) is 0 Å². The van der Waals surface area contributed by atoms with E-state index in [1.165, 1.54) is 0 Å². The fraction of sp³-hybridized carbons (Fsp3) is 0.154. The van der Waals surface area contributed by atoms with E-state index in [2.05, 4.69) is 21.7 Å². The Bertz CT molecular complexity index is 1300. The molecular formula is C26H22Cl2N4O. The highest BCUT2D eigenvalue weighted by atomic mass is 35.5. The van der Waals surface area contributed by atoms with Crippen molar-refractivity contribution in [3.05, 3.63) is 118 Å². The SMILES string of the molecule is CN1C(=O)N(C)C(c2cccc(Cl)c2)c2cc(C(c3ccc(Cl)cc3)n3ccnc3)ccc21. The molecule has 7 heteroatoms. The van der Waals surface area contributed by atoms with E-state index in [0.717, 1.165) is 27.9 Å². The third kappa shape index (κ3) is 3.88. The van der Waals surface area contributed by atoms with Crippen LogP contribution in [0.4, 0.5) is 10.5 Å². The third-order valence-corrected chi connectivity index (χ3v) is 6.66. The summed E-state index contributed by atoms with van der Waals surface area (Å²) in [6, 6.07) is 21.4. The number of anilines is 1.